The Bertz CT molecular complexity index is 354. The first kappa shape index (κ1) is 12.4. The summed E-state index contributed by atoms with van der Waals surface area (Å²) >= 11 is 0. The first-order valence-electron chi connectivity index (χ1n) is 6.41. The molecule has 2 rings (SSSR count). The van der Waals surface area contributed by atoms with Crippen LogP contribution in [-0.2, 0) is 6.54 Å². The molecule has 1 fully saturated rings. The molecule has 1 unspecified atom stereocenters. The molecule has 1 aliphatic heterocycles. The van der Waals surface area contributed by atoms with Crippen molar-refractivity contribution in [3.63, 3.8) is 0 Å². The van der Waals surface area contributed by atoms with Crippen molar-refractivity contribution in [2.45, 2.75) is 31.8 Å². The van der Waals surface area contributed by atoms with E-state index in [4.69, 9.17) is 10.5 Å². The van der Waals surface area contributed by atoms with Crippen LogP contribution in [0.25, 0.3) is 0 Å². The predicted octanol–water partition coefficient (Wildman–Crippen LogP) is 2.01. The van der Waals surface area contributed by atoms with Crippen LogP contribution in [-0.4, -0.2) is 31.1 Å². The van der Waals surface area contributed by atoms with Crippen molar-refractivity contribution in [1.29, 1.82) is 0 Å². The Morgan fingerprint density at radius 1 is 1.35 bits per heavy atom. The molecule has 0 saturated carbocycles. The summed E-state index contributed by atoms with van der Waals surface area (Å²) in [5.74, 6) is 0.980. The highest BCUT2D eigenvalue weighted by Gasteiger charge is 2.21. The van der Waals surface area contributed by atoms with E-state index >= 15 is 0 Å². The van der Waals surface area contributed by atoms with E-state index in [1.165, 1.54) is 24.8 Å². The largest absolute Gasteiger partial charge is 0.496 e. The maximum Gasteiger partial charge on any atom is 0.123 e. The van der Waals surface area contributed by atoms with Gasteiger partial charge in [-0.25, -0.2) is 0 Å². The van der Waals surface area contributed by atoms with Gasteiger partial charge in [0.05, 0.1) is 7.11 Å². The highest BCUT2D eigenvalue weighted by Crippen LogP contribution is 2.23. The van der Waals surface area contributed by atoms with Gasteiger partial charge >= 0.3 is 0 Å². The van der Waals surface area contributed by atoms with Gasteiger partial charge in [0.1, 0.15) is 5.75 Å². The van der Waals surface area contributed by atoms with Gasteiger partial charge in [-0.3, -0.25) is 4.90 Å². The molecule has 1 heterocycles. The zero-order valence-electron chi connectivity index (χ0n) is 10.6. The van der Waals surface area contributed by atoms with Crippen LogP contribution in [0.15, 0.2) is 24.3 Å². The molecule has 1 aromatic carbocycles. The van der Waals surface area contributed by atoms with Crippen molar-refractivity contribution in [3.8, 4) is 5.75 Å². The van der Waals surface area contributed by atoms with Gasteiger partial charge in [-0.1, -0.05) is 24.6 Å². The molecule has 0 bridgehead atoms. The number of ether oxygens (including phenoxy) is 1. The van der Waals surface area contributed by atoms with E-state index in [9.17, 15) is 0 Å². The van der Waals surface area contributed by atoms with E-state index in [-0.39, 0.29) is 0 Å². The van der Waals surface area contributed by atoms with Crippen LogP contribution in [0.1, 0.15) is 24.8 Å². The van der Waals surface area contributed by atoms with Gasteiger partial charge in [-0.2, -0.15) is 0 Å². The van der Waals surface area contributed by atoms with Crippen LogP contribution in [0.4, 0.5) is 0 Å². The Labute approximate surface area is 104 Å². The molecular weight excluding hydrogens is 212 g/mol. The number of nitrogens with two attached hydrogens (primary N) is 1. The number of nitrogens with zero attached hydrogens (tertiary/aromatic N) is 1. The third-order valence-electron chi connectivity index (χ3n) is 3.59. The Morgan fingerprint density at radius 3 is 2.94 bits per heavy atom. The van der Waals surface area contributed by atoms with Crippen molar-refractivity contribution < 1.29 is 4.74 Å². The summed E-state index contributed by atoms with van der Waals surface area (Å²) in [6.07, 6.45) is 3.82. The molecule has 1 aliphatic rings. The third kappa shape index (κ3) is 2.99. The van der Waals surface area contributed by atoms with E-state index in [2.05, 4.69) is 17.0 Å². The minimum atomic E-state index is 0.536. The maximum atomic E-state index is 5.84. The molecule has 3 nitrogen and oxygen atoms in total. The minimum Gasteiger partial charge on any atom is -0.496 e. The lowest BCUT2D eigenvalue weighted by molar-refractivity contribution is 0.143. The zero-order valence-corrected chi connectivity index (χ0v) is 10.6. The second-order valence-corrected chi connectivity index (χ2v) is 4.67. The Morgan fingerprint density at radius 2 is 2.18 bits per heavy atom. The number of benzene rings is 1. The molecular formula is C14H22N2O. The molecule has 0 spiro atoms. The third-order valence-corrected chi connectivity index (χ3v) is 3.59. The Hall–Kier alpha value is -1.06. The SMILES string of the molecule is COc1ccccc1CN1CCCCC1CN. The van der Waals surface area contributed by atoms with E-state index in [1.54, 1.807) is 7.11 Å². The number of methoxy groups -OCH3 is 1. The second-order valence-electron chi connectivity index (χ2n) is 4.67. The molecule has 0 amide bonds. The molecule has 0 aromatic heterocycles. The topological polar surface area (TPSA) is 38.5 Å². The first-order valence-corrected chi connectivity index (χ1v) is 6.41. The lowest BCUT2D eigenvalue weighted by Gasteiger charge is -2.35. The number of likely N-dealkylation sites (tertiary alicyclic amines) is 1. The fraction of sp³-hybridized carbons (Fsp3) is 0.571. The predicted molar refractivity (Wildman–Crippen MR) is 70.1 cm³/mol. The number of para-hydroxylation sites is 1. The summed E-state index contributed by atoms with van der Waals surface area (Å²) in [6.45, 7) is 2.86. The molecule has 1 aromatic rings. The Kier molecular flexibility index (Phi) is 4.40. The van der Waals surface area contributed by atoms with Gasteiger partial charge < -0.3 is 10.5 Å². The highest BCUT2D eigenvalue weighted by atomic mass is 16.5. The van der Waals surface area contributed by atoms with E-state index < -0.39 is 0 Å². The van der Waals surface area contributed by atoms with E-state index in [0.717, 1.165) is 25.4 Å². The summed E-state index contributed by atoms with van der Waals surface area (Å²) in [7, 11) is 1.73. The molecule has 2 N–H and O–H groups in total. The molecule has 17 heavy (non-hydrogen) atoms. The van der Waals surface area contributed by atoms with E-state index in [0.29, 0.717) is 6.04 Å². The summed E-state index contributed by atoms with van der Waals surface area (Å²) in [6, 6.07) is 8.78. The van der Waals surface area contributed by atoms with Gasteiger partial charge in [-0.15, -0.1) is 0 Å². The van der Waals surface area contributed by atoms with Crippen molar-refractivity contribution in [1.82, 2.24) is 4.90 Å². The van der Waals surface area contributed by atoms with Crippen LogP contribution in [0.5, 0.6) is 5.75 Å². The lowest BCUT2D eigenvalue weighted by Crippen LogP contribution is -2.43. The van der Waals surface area contributed by atoms with Gasteiger partial charge in [-0.05, 0) is 25.5 Å². The molecule has 1 saturated heterocycles. The lowest BCUT2D eigenvalue weighted by atomic mass is 10.0. The highest BCUT2D eigenvalue weighted by molar-refractivity contribution is 5.33. The number of rotatable bonds is 4. The smallest absolute Gasteiger partial charge is 0.123 e. The average molecular weight is 234 g/mol. The second kappa shape index (κ2) is 6.03. The van der Waals surface area contributed by atoms with Crippen LogP contribution in [0.3, 0.4) is 0 Å². The minimum absolute atomic E-state index is 0.536. The number of hydrogen-bond acceptors (Lipinski definition) is 3. The van der Waals surface area contributed by atoms with Crippen molar-refractivity contribution in [2.24, 2.45) is 5.73 Å². The fourth-order valence-corrected chi connectivity index (χ4v) is 2.59. The van der Waals surface area contributed by atoms with Crippen LogP contribution in [0, 0.1) is 0 Å². The van der Waals surface area contributed by atoms with Gasteiger partial charge in [0.25, 0.3) is 0 Å². The van der Waals surface area contributed by atoms with Crippen LogP contribution >= 0.6 is 0 Å². The molecule has 1 atom stereocenters. The van der Waals surface area contributed by atoms with Gasteiger partial charge in [0.2, 0.25) is 0 Å². The monoisotopic (exact) mass is 234 g/mol. The van der Waals surface area contributed by atoms with Crippen LogP contribution < -0.4 is 10.5 Å². The molecule has 0 radical (unpaired) electrons. The summed E-state index contributed by atoms with van der Waals surface area (Å²) < 4.78 is 5.40. The average Bonchev–Trinajstić information content (AvgIpc) is 2.40. The number of piperidine rings is 1. The van der Waals surface area contributed by atoms with E-state index in [1.807, 2.05) is 12.1 Å². The Balaban J connectivity index is 2.08. The fourth-order valence-electron chi connectivity index (χ4n) is 2.59. The quantitative estimate of drug-likeness (QED) is 0.866. The van der Waals surface area contributed by atoms with Crippen molar-refractivity contribution >= 4 is 0 Å². The standard InChI is InChI=1S/C14H22N2O/c1-17-14-8-3-2-6-12(14)11-16-9-5-4-7-13(16)10-15/h2-3,6,8,13H,4-5,7,9-11,15H2,1H3. The molecule has 3 heteroatoms. The maximum absolute atomic E-state index is 5.84. The van der Waals surface area contributed by atoms with Crippen LogP contribution in [0.2, 0.25) is 0 Å². The first-order chi connectivity index (χ1) is 8.35. The van der Waals surface area contributed by atoms with Crippen molar-refractivity contribution in [2.75, 3.05) is 20.2 Å². The van der Waals surface area contributed by atoms with Crippen molar-refractivity contribution in [3.05, 3.63) is 29.8 Å². The summed E-state index contributed by atoms with van der Waals surface area (Å²) in [4.78, 5) is 2.49. The summed E-state index contributed by atoms with van der Waals surface area (Å²) in [5.41, 5.74) is 7.10. The van der Waals surface area contributed by atoms with Gasteiger partial charge in [0.15, 0.2) is 0 Å². The zero-order chi connectivity index (χ0) is 12.1. The molecule has 0 aliphatic carbocycles. The molecule has 94 valence electrons. The number of hydrogen-bond donors (Lipinski definition) is 1. The summed E-state index contributed by atoms with van der Waals surface area (Å²) in [5, 5.41) is 0. The van der Waals surface area contributed by atoms with Gasteiger partial charge in [0, 0.05) is 24.7 Å². The normalized spacial score (nSPS) is 21.4.